The summed E-state index contributed by atoms with van der Waals surface area (Å²) in [4.78, 5) is 34.9. The second-order valence-corrected chi connectivity index (χ2v) is 7.50. The van der Waals surface area contributed by atoms with Crippen molar-refractivity contribution in [1.29, 1.82) is 0 Å². The highest BCUT2D eigenvalue weighted by molar-refractivity contribution is 6.31. The van der Waals surface area contributed by atoms with Crippen LogP contribution in [0, 0.1) is 6.92 Å². The largest absolute Gasteiger partial charge is 0.340 e. The number of nitrogens with zero attached hydrogens (tertiary/aromatic N) is 2. The number of likely N-dealkylation sites (tertiary alicyclic amines) is 1. The number of anilines is 1. The summed E-state index contributed by atoms with van der Waals surface area (Å²) >= 11 is 5.99. The van der Waals surface area contributed by atoms with Crippen molar-refractivity contribution < 1.29 is 9.59 Å². The number of aromatic amines is 1. The molecule has 1 fully saturated rings. The van der Waals surface area contributed by atoms with Crippen molar-refractivity contribution in [3.05, 3.63) is 58.9 Å². The molecule has 1 aromatic heterocycles. The average Bonchev–Trinajstić information content (AvgIpc) is 3.30. The van der Waals surface area contributed by atoms with E-state index in [1.54, 1.807) is 17.0 Å². The third-order valence-corrected chi connectivity index (χ3v) is 5.32. The maximum absolute atomic E-state index is 12.8. The summed E-state index contributed by atoms with van der Waals surface area (Å²) in [6.45, 7) is 2.51. The molecule has 2 heterocycles. The number of fused-ring (bicyclic) bond motifs is 1. The fraction of sp³-hybridized carbons (Fsp3) is 0.286. The second-order valence-electron chi connectivity index (χ2n) is 7.07. The number of carbonyl (C=O) groups excluding carboxylic acids is 2. The highest BCUT2D eigenvalue weighted by Crippen LogP contribution is 2.32. The smallest absolute Gasteiger partial charge is 0.233 e. The zero-order chi connectivity index (χ0) is 19.7. The third kappa shape index (κ3) is 3.73. The first kappa shape index (κ1) is 18.5. The normalized spacial score (nSPS) is 16.5. The predicted molar refractivity (Wildman–Crippen MR) is 109 cm³/mol. The summed E-state index contributed by atoms with van der Waals surface area (Å²) in [5.41, 5.74) is 3.35. The van der Waals surface area contributed by atoms with E-state index in [9.17, 15) is 9.59 Å². The van der Waals surface area contributed by atoms with E-state index in [4.69, 9.17) is 11.6 Å². The van der Waals surface area contributed by atoms with Crippen LogP contribution in [0.25, 0.3) is 11.0 Å². The number of aromatic nitrogens is 2. The summed E-state index contributed by atoms with van der Waals surface area (Å²) in [5, 5.41) is 3.33. The molecule has 1 unspecified atom stereocenters. The minimum absolute atomic E-state index is 0.124. The van der Waals surface area contributed by atoms with Crippen LogP contribution in [0.15, 0.2) is 42.5 Å². The van der Waals surface area contributed by atoms with Crippen LogP contribution < -0.4 is 5.32 Å². The van der Waals surface area contributed by atoms with E-state index in [0.717, 1.165) is 35.3 Å². The molecule has 1 aliphatic heterocycles. The Morgan fingerprint density at radius 2 is 2.11 bits per heavy atom. The van der Waals surface area contributed by atoms with Gasteiger partial charge in [0.1, 0.15) is 12.2 Å². The van der Waals surface area contributed by atoms with Gasteiger partial charge < -0.3 is 15.2 Å². The Labute approximate surface area is 167 Å². The van der Waals surface area contributed by atoms with Gasteiger partial charge in [0.05, 0.1) is 17.1 Å². The van der Waals surface area contributed by atoms with Gasteiger partial charge in [-0.15, -0.1) is 0 Å². The van der Waals surface area contributed by atoms with Gasteiger partial charge in [-0.25, -0.2) is 4.98 Å². The van der Waals surface area contributed by atoms with E-state index in [-0.39, 0.29) is 24.3 Å². The standard InChI is InChI=1S/C21H21ClN4O2/c1-13-8-9-14(22)11-17(13)23-19(27)12-20(28)26-10-4-7-18(26)21-24-15-5-2-3-6-16(15)25-21/h2-3,5-6,8-9,11,18H,4,7,10,12H2,1H3,(H,23,27)(H,24,25). The lowest BCUT2D eigenvalue weighted by atomic mass is 10.2. The molecule has 6 nitrogen and oxygen atoms in total. The monoisotopic (exact) mass is 396 g/mol. The fourth-order valence-electron chi connectivity index (χ4n) is 3.64. The van der Waals surface area contributed by atoms with Crippen LogP contribution >= 0.6 is 11.6 Å². The lowest BCUT2D eigenvalue weighted by Crippen LogP contribution is -2.33. The summed E-state index contributed by atoms with van der Waals surface area (Å²) in [7, 11) is 0. The average molecular weight is 397 g/mol. The van der Waals surface area contributed by atoms with Crippen molar-refractivity contribution in [3.8, 4) is 0 Å². The Morgan fingerprint density at radius 1 is 1.29 bits per heavy atom. The van der Waals surface area contributed by atoms with Crippen molar-refractivity contribution in [1.82, 2.24) is 14.9 Å². The van der Waals surface area contributed by atoms with Crippen LogP contribution in [-0.2, 0) is 9.59 Å². The number of halogens is 1. The number of carbonyl (C=O) groups is 2. The number of imidazole rings is 1. The van der Waals surface area contributed by atoms with Gasteiger partial charge in [-0.1, -0.05) is 29.8 Å². The number of para-hydroxylation sites is 2. The van der Waals surface area contributed by atoms with Gasteiger partial charge in [0.15, 0.2) is 0 Å². The molecule has 4 rings (SSSR count). The lowest BCUT2D eigenvalue weighted by Gasteiger charge is -2.23. The zero-order valence-electron chi connectivity index (χ0n) is 15.5. The molecule has 28 heavy (non-hydrogen) atoms. The van der Waals surface area contributed by atoms with Crippen LogP contribution in [-0.4, -0.2) is 33.2 Å². The fourth-order valence-corrected chi connectivity index (χ4v) is 3.81. The summed E-state index contributed by atoms with van der Waals surface area (Å²) in [6.07, 6.45) is 1.52. The molecule has 2 amide bonds. The molecule has 1 aliphatic rings. The predicted octanol–water partition coefficient (Wildman–Crippen LogP) is 4.22. The van der Waals surface area contributed by atoms with Gasteiger partial charge in [0.25, 0.3) is 0 Å². The molecule has 0 radical (unpaired) electrons. The molecular formula is C21H21ClN4O2. The van der Waals surface area contributed by atoms with Crippen molar-refractivity contribution in [3.63, 3.8) is 0 Å². The molecular weight excluding hydrogens is 376 g/mol. The zero-order valence-corrected chi connectivity index (χ0v) is 16.3. The molecule has 144 valence electrons. The Kier molecular flexibility index (Phi) is 5.05. The molecule has 3 aromatic rings. The molecule has 0 saturated carbocycles. The van der Waals surface area contributed by atoms with Gasteiger partial charge in [-0.2, -0.15) is 0 Å². The Hall–Kier alpha value is -2.86. The number of hydrogen-bond donors (Lipinski definition) is 2. The first-order valence-electron chi connectivity index (χ1n) is 9.31. The number of aryl methyl sites for hydroxylation is 1. The molecule has 2 N–H and O–H groups in total. The number of hydrogen-bond acceptors (Lipinski definition) is 3. The maximum atomic E-state index is 12.8. The van der Waals surface area contributed by atoms with Crippen LogP contribution in [0.1, 0.15) is 36.7 Å². The lowest BCUT2D eigenvalue weighted by molar-refractivity contribution is -0.135. The van der Waals surface area contributed by atoms with E-state index >= 15 is 0 Å². The summed E-state index contributed by atoms with van der Waals surface area (Å²) in [6, 6.07) is 13.0. The van der Waals surface area contributed by atoms with Crippen LogP contribution in [0.2, 0.25) is 5.02 Å². The topological polar surface area (TPSA) is 78.1 Å². The van der Waals surface area contributed by atoms with Crippen LogP contribution in [0.5, 0.6) is 0 Å². The number of rotatable bonds is 4. The number of H-pyrrole nitrogens is 1. The van der Waals surface area contributed by atoms with E-state index < -0.39 is 0 Å². The van der Waals surface area contributed by atoms with Crippen molar-refractivity contribution in [2.24, 2.45) is 0 Å². The molecule has 0 spiro atoms. The Morgan fingerprint density at radius 3 is 2.93 bits per heavy atom. The van der Waals surface area contributed by atoms with E-state index in [1.165, 1.54) is 0 Å². The van der Waals surface area contributed by atoms with Crippen LogP contribution in [0.3, 0.4) is 0 Å². The van der Waals surface area contributed by atoms with Gasteiger partial charge in [0, 0.05) is 17.3 Å². The van der Waals surface area contributed by atoms with E-state index in [1.807, 2.05) is 37.3 Å². The Balaban J connectivity index is 1.46. The van der Waals surface area contributed by atoms with Gasteiger partial charge in [-0.3, -0.25) is 9.59 Å². The molecule has 1 saturated heterocycles. The maximum Gasteiger partial charge on any atom is 0.233 e. The molecule has 0 bridgehead atoms. The minimum atomic E-state index is -0.342. The summed E-state index contributed by atoms with van der Waals surface area (Å²) in [5.74, 6) is 0.240. The third-order valence-electron chi connectivity index (χ3n) is 5.08. The van der Waals surface area contributed by atoms with Crippen molar-refractivity contribution in [2.75, 3.05) is 11.9 Å². The first-order valence-corrected chi connectivity index (χ1v) is 9.69. The highest BCUT2D eigenvalue weighted by atomic mass is 35.5. The number of nitrogens with one attached hydrogen (secondary N) is 2. The Bertz CT molecular complexity index is 1010. The van der Waals surface area contributed by atoms with Gasteiger partial charge in [0.2, 0.25) is 11.8 Å². The highest BCUT2D eigenvalue weighted by Gasteiger charge is 2.32. The number of amides is 2. The van der Waals surface area contributed by atoms with Crippen molar-refractivity contribution >= 4 is 40.1 Å². The number of benzene rings is 2. The van der Waals surface area contributed by atoms with Gasteiger partial charge in [-0.05, 0) is 49.6 Å². The quantitative estimate of drug-likeness (QED) is 0.648. The SMILES string of the molecule is Cc1ccc(Cl)cc1NC(=O)CC(=O)N1CCCC1c1nc2ccccc2[nH]1. The van der Waals surface area contributed by atoms with E-state index in [2.05, 4.69) is 15.3 Å². The first-order chi connectivity index (χ1) is 13.5. The van der Waals surface area contributed by atoms with E-state index in [0.29, 0.717) is 17.3 Å². The minimum Gasteiger partial charge on any atom is -0.340 e. The molecule has 0 aliphatic carbocycles. The molecule has 2 aromatic carbocycles. The second kappa shape index (κ2) is 7.64. The molecule has 1 atom stereocenters. The van der Waals surface area contributed by atoms with Crippen molar-refractivity contribution in [2.45, 2.75) is 32.2 Å². The molecule has 7 heteroatoms. The summed E-state index contributed by atoms with van der Waals surface area (Å²) < 4.78 is 0. The van der Waals surface area contributed by atoms with Gasteiger partial charge >= 0.3 is 0 Å². The van der Waals surface area contributed by atoms with Crippen LogP contribution in [0.4, 0.5) is 5.69 Å².